The lowest BCUT2D eigenvalue weighted by atomic mass is 9.94. The normalized spacial score (nSPS) is 17.1. The number of aliphatic hydroxyl groups excluding tert-OH is 1. The molecule has 1 amide bonds. The van der Waals surface area contributed by atoms with Gasteiger partial charge in [-0.2, -0.15) is 0 Å². The van der Waals surface area contributed by atoms with Gasteiger partial charge in [0.2, 0.25) is 0 Å². The first-order valence-electron chi connectivity index (χ1n) is 10.9. The molecule has 0 radical (unpaired) electrons. The van der Waals surface area contributed by atoms with Gasteiger partial charge in [0, 0.05) is 10.7 Å². The van der Waals surface area contributed by atoms with Gasteiger partial charge in [0.05, 0.1) is 35.9 Å². The molecule has 0 spiro atoms. The third-order valence-electron chi connectivity index (χ3n) is 5.70. The number of Topliss-reactive ketones (excluding diaryl/α,β-unsaturated/α-hetero) is 1. The summed E-state index contributed by atoms with van der Waals surface area (Å²) in [6.07, 6.45) is 0. The van der Waals surface area contributed by atoms with Crippen molar-refractivity contribution in [3.8, 4) is 11.5 Å². The average molecular weight is 512 g/mol. The Morgan fingerprint density at radius 2 is 1.69 bits per heavy atom. The number of aryl methyl sites for hydroxylation is 1. The van der Waals surface area contributed by atoms with E-state index in [0.29, 0.717) is 28.6 Å². The van der Waals surface area contributed by atoms with E-state index in [-0.39, 0.29) is 27.7 Å². The predicted molar refractivity (Wildman–Crippen MR) is 137 cm³/mol. The zero-order chi connectivity index (χ0) is 25.3. The van der Waals surface area contributed by atoms with Gasteiger partial charge in [-0.25, -0.2) is 0 Å². The molecule has 1 aliphatic heterocycles. The number of carbonyl (C=O) groups excluding carboxylic acids is 2. The summed E-state index contributed by atoms with van der Waals surface area (Å²) in [7, 11) is 1.42. The number of nitrogens with zero attached hydrogens (tertiary/aromatic N) is 1. The number of anilines is 1. The van der Waals surface area contributed by atoms with Crippen LogP contribution in [0.4, 0.5) is 5.69 Å². The smallest absolute Gasteiger partial charge is 0.300 e. The molecule has 1 aliphatic rings. The molecular weight excluding hydrogens is 489 g/mol. The molecule has 1 saturated heterocycles. The number of ketones is 1. The first-order chi connectivity index (χ1) is 16.8. The maximum Gasteiger partial charge on any atom is 0.300 e. The van der Waals surface area contributed by atoms with Crippen LogP contribution in [-0.4, -0.2) is 30.5 Å². The van der Waals surface area contributed by atoms with Crippen LogP contribution in [0.2, 0.25) is 10.0 Å². The van der Waals surface area contributed by atoms with E-state index in [4.69, 9.17) is 32.7 Å². The van der Waals surface area contributed by atoms with Crippen LogP contribution in [0.15, 0.2) is 66.2 Å². The number of benzene rings is 3. The highest BCUT2D eigenvalue weighted by atomic mass is 35.5. The number of methoxy groups -OCH3 is 1. The van der Waals surface area contributed by atoms with Gasteiger partial charge in [-0.1, -0.05) is 35.3 Å². The Hall–Kier alpha value is -3.48. The van der Waals surface area contributed by atoms with Crippen molar-refractivity contribution < 1.29 is 24.2 Å². The van der Waals surface area contributed by atoms with Crippen molar-refractivity contribution in [3.63, 3.8) is 0 Å². The number of amides is 1. The fraction of sp³-hybridized carbons (Fsp3) is 0.185. The molecule has 0 aliphatic carbocycles. The number of hydrogen-bond acceptors (Lipinski definition) is 5. The highest BCUT2D eigenvalue weighted by Crippen LogP contribution is 2.44. The van der Waals surface area contributed by atoms with Gasteiger partial charge >= 0.3 is 0 Å². The van der Waals surface area contributed by atoms with E-state index in [2.05, 4.69) is 0 Å². The van der Waals surface area contributed by atoms with Crippen LogP contribution >= 0.6 is 23.2 Å². The molecule has 3 aromatic rings. The van der Waals surface area contributed by atoms with E-state index in [0.717, 1.165) is 5.56 Å². The third kappa shape index (κ3) is 4.59. The lowest BCUT2D eigenvalue weighted by molar-refractivity contribution is -0.132. The van der Waals surface area contributed by atoms with Crippen LogP contribution in [0.3, 0.4) is 0 Å². The summed E-state index contributed by atoms with van der Waals surface area (Å²) >= 11 is 12.4. The molecule has 8 heteroatoms. The molecule has 0 aromatic heterocycles. The minimum absolute atomic E-state index is 0.0749. The van der Waals surface area contributed by atoms with E-state index >= 15 is 0 Å². The quantitative estimate of drug-likeness (QED) is 0.237. The minimum Gasteiger partial charge on any atom is -0.507 e. The van der Waals surface area contributed by atoms with E-state index in [1.54, 1.807) is 67.6 Å². The standard InChI is InChI=1S/C27H23Cl2NO5/c1-4-35-19-11-5-16(6-12-19)23-22(24(31)20-13-15(2)14-21(29)26(20)34-3)25(32)27(33)30(23)18-9-7-17(28)8-10-18/h5-14,23,31H,4H2,1-3H3/b24-22+. The molecule has 1 N–H and O–H groups in total. The minimum atomic E-state index is -0.907. The van der Waals surface area contributed by atoms with Crippen LogP contribution in [-0.2, 0) is 9.59 Å². The Bertz CT molecular complexity index is 1320. The fourth-order valence-corrected chi connectivity index (χ4v) is 4.66. The van der Waals surface area contributed by atoms with Gasteiger partial charge in [-0.05, 0) is 73.5 Å². The lowest BCUT2D eigenvalue weighted by Crippen LogP contribution is -2.29. The van der Waals surface area contributed by atoms with Crippen molar-refractivity contribution >= 4 is 46.3 Å². The first-order valence-corrected chi connectivity index (χ1v) is 11.7. The molecule has 1 unspecified atom stereocenters. The Morgan fingerprint density at radius 1 is 1.03 bits per heavy atom. The summed E-state index contributed by atoms with van der Waals surface area (Å²) in [6.45, 7) is 4.18. The number of ether oxygens (including phenoxy) is 2. The van der Waals surface area contributed by atoms with Crippen LogP contribution < -0.4 is 14.4 Å². The van der Waals surface area contributed by atoms with Crippen LogP contribution in [0.5, 0.6) is 11.5 Å². The van der Waals surface area contributed by atoms with E-state index in [1.807, 2.05) is 6.92 Å². The van der Waals surface area contributed by atoms with Crippen molar-refractivity contribution in [2.45, 2.75) is 19.9 Å². The molecule has 3 aromatic carbocycles. The van der Waals surface area contributed by atoms with E-state index in [1.165, 1.54) is 12.0 Å². The number of rotatable bonds is 6. The maximum absolute atomic E-state index is 13.4. The van der Waals surface area contributed by atoms with Crippen molar-refractivity contribution in [2.24, 2.45) is 0 Å². The van der Waals surface area contributed by atoms with Crippen LogP contribution in [0.25, 0.3) is 5.76 Å². The molecule has 1 atom stereocenters. The summed E-state index contributed by atoms with van der Waals surface area (Å²) in [5.41, 5.74) is 1.98. The fourth-order valence-electron chi connectivity index (χ4n) is 4.19. The largest absolute Gasteiger partial charge is 0.507 e. The second kappa shape index (κ2) is 10.0. The Kier molecular flexibility index (Phi) is 7.05. The molecule has 180 valence electrons. The zero-order valence-corrected chi connectivity index (χ0v) is 20.9. The summed E-state index contributed by atoms with van der Waals surface area (Å²) in [5, 5.41) is 12.2. The van der Waals surface area contributed by atoms with Crippen LogP contribution in [0.1, 0.15) is 29.7 Å². The summed E-state index contributed by atoms with van der Waals surface area (Å²) in [4.78, 5) is 28.0. The monoisotopic (exact) mass is 511 g/mol. The molecule has 0 saturated carbocycles. The molecule has 4 rings (SSSR count). The molecule has 6 nitrogen and oxygen atoms in total. The molecule has 1 fully saturated rings. The Labute approximate surface area is 213 Å². The van der Waals surface area contributed by atoms with Gasteiger partial charge in [0.1, 0.15) is 17.3 Å². The average Bonchev–Trinajstić information content (AvgIpc) is 3.10. The Morgan fingerprint density at radius 3 is 2.29 bits per heavy atom. The van der Waals surface area contributed by atoms with Crippen molar-refractivity contribution in [1.29, 1.82) is 0 Å². The predicted octanol–water partition coefficient (Wildman–Crippen LogP) is 6.34. The first kappa shape index (κ1) is 24.6. The van der Waals surface area contributed by atoms with Crippen molar-refractivity contribution in [1.82, 2.24) is 0 Å². The summed E-state index contributed by atoms with van der Waals surface area (Å²) < 4.78 is 11.0. The number of hydrogen-bond donors (Lipinski definition) is 1. The SMILES string of the molecule is CCOc1ccc(C2/C(=C(\O)c3cc(C)cc(Cl)c3OC)C(=O)C(=O)N2c2ccc(Cl)cc2)cc1. The summed E-state index contributed by atoms with van der Waals surface area (Å²) in [5.74, 6) is -1.12. The second-order valence-corrected chi connectivity index (χ2v) is 8.82. The van der Waals surface area contributed by atoms with E-state index in [9.17, 15) is 14.7 Å². The number of carbonyl (C=O) groups is 2. The third-order valence-corrected chi connectivity index (χ3v) is 6.24. The molecule has 35 heavy (non-hydrogen) atoms. The highest BCUT2D eigenvalue weighted by Gasteiger charge is 2.47. The highest BCUT2D eigenvalue weighted by molar-refractivity contribution is 6.51. The van der Waals surface area contributed by atoms with Gasteiger partial charge in [-0.15, -0.1) is 0 Å². The van der Waals surface area contributed by atoms with Gasteiger partial charge < -0.3 is 14.6 Å². The molecular formula is C27H23Cl2NO5. The summed E-state index contributed by atoms with van der Waals surface area (Å²) in [6, 6.07) is 16.0. The van der Waals surface area contributed by atoms with Crippen molar-refractivity contribution in [3.05, 3.63) is 93.0 Å². The molecule has 0 bridgehead atoms. The maximum atomic E-state index is 13.4. The van der Waals surface area contributed by atoms with Gasteiger partial charge in [0.25, 0.3) is 11.7 Å². The van der Waals surface area contributed by atoms with Gasteiger partial charge in [-0.3, -0.25) is 14.5 Å². The lowest BCUT2D eigenvalue weighted by Gasteiger charge is -2.26. The number of aliphatic hydroxyl groups is 1. The van der Waals surface area contributed by atoms with Gasteiger partial charge in [0.15, 0.2) is 0 Å². The van der Waals surface area contributed by atoms with Crippen LogP contribution in [0, 0.1) is 6.92 Å². The van der Waals surface area contributed by atoms with Crippen molar-refractivity contribution in [2.75, 3.05) is 18.6 Å². The topological polar surface area (TPSA) is 76.1 Å². The second-order valence-electron chi connectivity index (χ2n) is 7.98. The Balaban J connectivity index is 1.96. The molecule has 1 heterocycles. The number of halogens is 2. The van der Waals surface area contributed by atoms with E-state index < -0.39 is 17.7 Å². The zero-order valence-electron chi connectivity index (χ0n) is 19.3.